The third-order valence-electron chi connectivity index (χ3n) is 3.76. The molecule has 0 unspecified atom stereocenters. The highest BCUT2D eigenvalue weighted by molar-refractivity contribution is 7.14. The summed E-state index contributed by atoms with van der Waals surface area (Å²) in [5.41, 5.74) is 3.14. The Morgan fingerprint density at radius 3 is 2.80 bits per heavy atom. The molecule has 0 spiro atoms. The van der Waals surface area contributed by atoms with Crippen molar-refractivity contribution in [3.8, 4) is 10.6 Å². The monoisotopic (exact) mass is 352 g/mol. The smallest absolute Gasteiger partial charge is 0.335 e. The number of anilines is 3. The van der Waals surface area contributed by atoms with Crippen LogP contribution in [0.1, 0.15) is 15.9 Å². The number of benzene rings is 1. The average Bonchev–Trinajstić information content (AvgIpc) is 2.99. The molecular formula is C17H12N4O3S. The molecule has 0 bridgehead atoms. The number of carbonyl (C=O) groups excluding carboxylic acids is 1. The highest BCUT2D eigenvalue weighted by Crippen LogP contribution is 2.37. The summed E-state index contributed by atoms with van der Waals surface area (Å²) in [7, 11) is 0. The van der Waals surface area contributed by atoms with E-state index >= 15 is 0 Å². The minimum atomic E-state index is -0.977. The van der Waals surface area contributed by atoms with Crippen molar-refractivity contribution in [2.24, 2.45) is 0 Å². The number of thiophene rings is 1. The van der Waals surface area contributed by atoms with Gasteiger partial charge in [0.1, 0.15) is 0 Å². The van der Waals surface area contributed by atoms with E-state index in [4.69, 9.17) is 5.11 Å². The number of hydrogen-bond acceptors (Lipinski definition) is 6. The van der Waals surface area contributed by atoms with Crippen LogP contribution in [0.3, 0.4) is 0 Å². The second kappa shape index (κ2) is 5.99. The average molecular weight is 352 g/mol. The topological polar surface area (TPSA) is 104 Å². The van der Waals surface area contributed by atoms with E-state index in [0.717, 1.165) is 21.8 Å². The summed E-state index contributed by atoms with van der Waals surface area (Å²) in [6.07, 6.45) is 1.87. The third-order valence-corrected chi connectivity index (χ3v) is 4.68. The fourth-order valence-electron chi connectivity index (χ4n) is 2.58. The molecule has 0 saturated carbocycles. The number of carboxylic acid groups (broad SMARTS) is 1. The lowest BCUT2D eigenvalue weighted by atomic mass is 10.1. The Morgan fingerprint density at radius 2 is 2.04 bits per heavy atom. The van der Waals surface area contributed by atoms with Gasteiger partial charge in [-0.2, -0.15) is 0 Å². The van der Waals surface area contributed by atoms with Gasteiger partial charge in [0.05, 0.1) is 28.2 Å². The molecule has 3 N–H and O–H groups in total. The Kier molecular flexibility index (Phi) is 3.66. The van der Waals surface area contributed by atoms with Crippen molar-refractivity contribution in [2.75, 3.05) is 10.6 Å². The first-order valence-corrected chi connectivity index (χ1v) is 8.32. The van der Waals surface area contributed by atoms with Gasteiger partial charge in [0.2, 0.25) is 11.9 Å². The van der Waals surface area contributed by atoms with Crippen molar-refractivity contribution < 1.29 is 14.7 Å². The minimum absolute atomic E-state index is 0.0908. The van der Waals surface area contributed by atoms with Crippen LogP contribution < -0.4 is 10.6 Å². The number of amides is 1. The van der Waals surface area contributed by atoms with E-state index in [2.05, 4.69) is 20.6 Å². The number of nitrogens with zero attached hydrogens (tertiary/aromatic N) is 2. The summed E-state index contributed by atoms with van der Waals surface area (Å²) >= 11 is 1.51. The largest absolute Gasteiger partial charge is 0.478 e. The van der Waals surface area contributed by atoms with E-state index in [9.17, 15) is 9.59 Å². The highest BCUT2D eigenvalue weighted by Gasteiger charge is 2.22. The molecule has 7 nitrogen and oxygen atoms in total. The van der Waals surface area contributed by atoms with Gasteiger partial charge >= 0.3 is 5.97 Å². The van der Waals surface area contributed by atoms with Crippen LogP contribution in [0.5, 0.6) is 0 Å². The molecule has 1 aliphatic heterocycles. The quantitative estimate of drug-likeness (QED) is 0.669. The fourth-order valence-corrected chi connectivity index (χ4v) is 3.45. The summed E-state index contributed by atoms with van der Waals surface area (Å²) in [5.74, 6) is -0.683. The van der Waals surface area contributed by atoms with Crippen LogP contribution in [0.2, 0.25) is 0 Å². The standard InChI is InChI=1S/C17H12N4O3S/c22-13-7-10-8-18-17(19-11-3-1-9(2-4-11)16(23)24)21-14(10)15-12(20-13)5-6-25-15/h1-6,8H,7H2,(H,20,22)(H,23,24)(H,18,19,21). The predicted octanol–water partition coefficient (Wildman–Crippen LogP) is 3.14. The van der Waals surface area contributed by atoms with Gasteiger partial charge in [-0.15, -0.1) is 11.3 Å². The number of carbonyl (C=O) groups is 2. The summed E-state index contributed by atoms with van der Waals surface area (Å²) in [6, 6.07) is 8.18. The maximum atomic E-state index is 11.9. The van der Waals surface area contributed by atoms with Gasteiger partial charge in [0, 0.05) is 17.4 Å². The van der Waals surface area contributed by atoms with Crippen LogP contribution in [-0.4, -0.2) is 27.0 Å². The number of carboxylic acids is 1. The molecule has 3 heterocycles. The van der Waals surface area contributed by atoms with E-state index in [1.807, 2.05) is 11.4 Å². The number of hydrogen-bond donors (Lipinski definition) is 3. The molecule has 2 aromatic heterocycles. The second-order valence-corrected chi connectivity index (χ2v) is 6.38. The number of aromatic nitrogens is 2. The number of fused-ring (bicyclic) bond motifs is 3. The molecule has 8 heteroatoms. The lowest BCUT2D eigenvalue weighted by molar-refractivity contribution is -0.115. The molecule has 25 heavy (non-hydrogen) atoms. The van der Waals surface area contributed by atoms with Crippen molar-refractivity contribution >= 4 is 40.5 Å². The highest BCUT2D eigenvalue weighted by atomic mass is 32.1. The van der Waals surface area contributed by atoms with Crippen LogP contribution in [-0.2, 0) is 11.2 Å². The van der Waals surface area contributed by atoms with Crippen LogP contribution >= 0.6 is 11.3 Å². The lowest BCUT2D eigenvalue weighted by Gasteiger charge is -2.08. The Morgan fingerprint density at radius 1 is 1.24 bits per heavy atom. The van der Waals surface area contributed by atoms with Crippen molar-refractivity contribution in [1.29, 1.82) is 0 Å². The van der Waals surface area contributed by atoms with Gasteiger partial charge in [-0.1, -0.05) is 0 Å². The molecule has 0 atom stereocenters. The normalized spacial score (nSPS) is 12.6. The molecule has 0 aliphatic carbocycles. The van der Waals surface area contributed by atoms with Gasteiger partial charge in [-0.05, 0) is 35.7 Å². The Hall–Kier alpha value is -3.26. The van der Waals surface area contributed by atoms with Crippen molar-refractivity contribution in [1.82, 2.24) is 9.97 Å². The summed E-state index contributed by atoms with van der Waals surface area (Å²) in [4.78, 5) is 32.6. The zero-order valence-corrected chi connectivity index (χ0v) is 13.6. The predicted molar refractivity (Wildman–Crippen MR) is 94.4 cm³/mol. The van der Waals surface area contributed by atoms with E-state index < -0.39 is 5.97 Å². The van der Waals surface area contributed by atoms with Gasteiger partial charge < -0.3 is 15.7 Å². The van der Waals surface area contributed by atoms with Crippen molar-refractivity contribution in [2.45, 2.75) is 6.42 Å². The number of nitrogens with one attached hydrogen (secondary N) is 2. The Labute approximate surface area is 146 Å². The van der Waals surface area contributed by atoms with Crippen LogP contribution in [0.25, 0.3) is 10.6 Å². The summed E-state index contributed by atoms with van der Waals surface area (Å²) in [5, 5.41) is 16.8. The molecule has 0 saturated heterocycles. The summed E-state index contributed by atoms with van der Waals surface area (Å²) in [6.45, 7) is 0. The first kappa shape index (κ1) is 15.3. The van der Waals surface area contributed by atoms with Gasteiger partial charge in [-0.25, -0.2) is 14.8 Å². The van der Waals surface area contributed by atoms with Crippen LogP contribution in [0.15, 0.2) is 41.9 Å². The zero-order chi connectivity index (χ0) is 17.4. The van der Waals surface area contributed by atoms with Crippen molar-refractivity contribution in [3.63, 3.8) is 0 Å². The van der Waals surface area contributed by atoms with E-state index in [1.54, 1.807) is 18.3 Å². The number of rotatable bonds is 3. The van der Waals surface area contributed by atoms with Gasteiger partial charge in [0.25, 0.3) is 0 Å². The van der Waals surface area contributed by atoms with E-state index in [-0.39, 0.29) is 17.9 Å². The summed E-state index contributed by atoms with van der Waals surface area (Å²) < 4.78 is 0. The maximum Gasteiger partial charge on any atom is 0.335 e. The molecule has 1 aliphatic rings. The first-order valence-electron chi connectivity index (χ1n) is 7.44. The zero-order valence-electron chi connectivity index (χ0n) is 12.8. The Bertz CT molecular complexity index is 982. The molecule has 1 amide bonds. The van der Waals surface area contributed by atoms with E-state index in [0.29, 0.717) is 11.6 Å². The Balaban J connectivity index is 1.68. The lowest BCUT2D eigenvalue weighted by Crippen LogP contribution is -2.12. The molecule has 1 aromatic carbocycles. The maximum absolute atomic E-state index is 11.9. The fraction of sp³-hybridized carbons (Fsp3) is 0.0588. The molecule has 0 radical (unpaired) electrons. The van der Waals surface area contributed by atoms with E-state index in [1.165, 1.54) is 23.5 Å². The van der Waals surface area contributed by atoms with Crippen molar-refractivity contribution in [3.05, 3.63) is 53.0 Å². The molecule has 3 aromatic rings. The first-order chi connectivity index (χ1) is 12.1. The molecule has 4 rings (SSSR count). The van der Waals surface area contributed by atoms with Crippen LogP contribution in [0, 0.1) is 0 Å². The molecular weight excluding hydrogens is 340 g/mol. The third kappa shape index (κ3) is 2.94. The van der Waals surface area contributed by atoms with Gasteiger partial charge in [-0.3, -0.25) is 4.79 Å². The minimum Gasteiger partial charge on any atom is -0.478 e. The second-order valence-electron chi connectivity index (χ2n) is 5.46. The molecule has 124 valence electrons. The van der Waals surface area contributed by atoms with Crippen LogP contribution in [0.4, 0.5) is 17.3 Å². The SMILES string of the molecule is O=C1Cc2cnc(Nc3ccc(C(=O)O)cc3)nc2-c2sccc2N1. The number of aromatic carboxylic acids is 1. The molecule has 0 fully saturated rings. The van der Waals surface area contributed by atoms with Gasteiger partial charge in [0.15, 0.2) is 0 Å².